The molecule has 0 aromatic heterocycles. The van der Waals surface area contributed by atoms with Crippen LogP contribution in [0.4, 0.5) is 0 Å². The molecular formula is C18H19N3O5S. The van der Waals surface area contributed by atoms with Crippen molar-refractivity contribution in [3.63, 3.8) is 0 Å². The fourth-order valence-corrected chi connectivity index (χ4v) is 3.88. The molecule has 3 rings (SSSR count). The van der Waals surface area contributed by atoms with Crippen LogP contribution in [0.2, 0.25) is 0 Å². The van der Waals surface area contributed by atoms with Gasteiger partial charge in [-0.2, -0.15) is 0 Å². The van der Waals surface area contributed by atoms with Gasteiger partial charge >= 0.3 is 5.97 Å². The Morgan fingerprint density at radius 3 is 2.70 bits per heavy atom. The molecule has 0 saturated heterocycles. The third-order valence-electron chi connectivity index (χ3n) is 4.57. The number of carbonyl (C=O) groups excluding carboxylic acids is 1. The summed E-state index contributed by atoms with van der Waals surface area (Å²) in [6.45, 7) is 3.86. The van der Waals surface area contributed by atoms with Gasteiger partial charge in [0.25, 0.3) is 15.9 Å². The number of amides is 1. The van der Waals surface area contributed by atoms with Crippen molar-refractivity contribution >= 4 is 27.7 Å². The molecule has 0 radical (unpaired) electrons. The van der Waals surface area contributed by atoms with Crippen LogP contribution in [0.5, 0.6) is 0 Å². The number of aliphatic carboxylic acids is 1. The molecule has 8 nitrogen and oxygen atoms in total. The van der Waals surface area contributed by atoms with Gasteiger partial charge in [-0.25, -0.2) is 13.2 Å². The molecule has 1 aromatic rings. The number of carbonyl (C=O) groups is 2. The highest BCUT2D eigenvalue weighted by molar-refractivity contribution is 7.90. The van der Waals surface area contributed by atoms with Gasteiger partial charge in [-0.05, 0) is 42.7 Å². The third kappa shape index (κ3) is 3.92. The van der Waals surface area contributed by atoms with E-state index < -0.39 is 27.9 Å². The van der Waals surface area contributed by atoms with Crippen molar-refractivity contribution < 1.29 is 23.1 Å². The lowest BCUT2D eigenvalue weighted by Gasteiger charge is -2.27. The van der Waals surface area contributed by atoms with Gasteiger partial charge in [0, 0.05) is 12.7 Å². The van der Waals surface area contributed by atoms with Gasteiger partial charge < -0.3 is 15.3 Å². The van der Waals surface area contributed by atoms with Gasteiger partial charge in [-0.15, -0.1) is 4.40 Å². The van der Waals surface area contributed by atoms with E-state index in [1.807, 2.05) is 19.9 Å². The summed E-state index contributed by atoms with van der Waals surface area (Å²) < 4.78 is 26.7. The van der Waals surface area contributed by atoms with Crippen molar-refractivity contribution in [2.45, 2.75) is 19.9 Å². The zero-order valence-corrected chi connectivity index (χ0v) is 15.7. The van der Waals surface area contributed by atoms with Crippen LogP contribution in [0, 0.1) is 13.8 Å². The summed E-state index contributed by atoms with van der Waals surface area (Å²) >= 11 is 0. The number of nitrogens with zero attached hydrogens (tertiary/aromatic N) is 2. The van der Waals surface area contributed by atoms with E-state index in [1.165, 1.54) is 18.4 Å². The second kappa shape index (κ2) is 6.99. The number of carboxylic acids is 1. The number of rotatable bonds is 4. The van der Waals surface area contributed by atoms with E-state index in [-0.39, 0.29) is 23.7 Å². The highest BCUT2D eigenvalue weighted by atomic mass is 32.2. The Labute approximate surface area is 157 Å². The molecule has 1 unspecified atom stereocenters. The van der Waals surface area contributed by atoms with Gasteiger partial charge in [0.15, 0.2) is 6.04 Å². The number of amidine groups is 1. The second-order valence-electron chi connectivity index (χ2n) is 6.38. The number of aryl methyl sites for hydroxylation is 1. The molecule has 1 amide bonds. The highest BCUT2D eigenvalue weighted by Crippen LogP contribution is 2.22. The molecule has 2 heterocycles. The van der Waals surface area contributed by atoms with E-state index in [2.05, 4.69) is 9.71 Å². The summed E-state index contributed by atoms with van der Waals surface area (Å²) in [5.74, 6) is -1.63. The van der Waals surface area contributed by atoms with Crippen molar-refractivity contribution in [1.82, 2.24) is 10.2 Å². The van der Waals surface area contributed by atoms with Crippen molar-refractivity contribution in [3.05, 3.63) is 58.8 Å². The van der Waals surface area contributed by atoms with Crippen LogP contribution < -0.4 is 5.32 Å². The summed E-state index contributed by atoms with van der Waals surface area (Å²) in [4.78, 5) is 25.9. The highest BCUT2D eigenvalue weighted by Gasteiger charge is 2.28. The lowest BCUT2D eigenvalue weighted by Crippen LogP contribution is -2.39. The Hall–Kier alpha value is -2.94. The first-order valence-corrected chi connectivity index (χ1v) is 9.88. The molecule has 0 saturated carbocycles. The molecule has 0 aliphatic carbocycles. The minimum atomic E-state index is -3.48. The van der Waals surface area contributed by atoms with Crippen LogP contribution in [0.15, 0.2) is 46.5 Å². The minimum Gasteiger partial charge on any atom is -0.479 e. The minimum absolute atomic E-state index is 0.143. The lowest BCUT2D eigenvalue weighted by molar-refractivity contribution is -0.141. The largest absolute Gasteiger partial charge is 0.479 e. The maximum atomic E-state index is 12.6. The van der Waals surface area contributed by atoms with Crippen LogP contribution >= 0.6 is 0 Å². The summed E-state index contributed by atoms with van der Waals surface area (Å²) in [7, 11) is -3.48. The molecule has 27 heavy (non-hydrogen) atoms. The van der Waals surface area contributed by atoms with Crippen molar-refractivity contribution in [2.24, 2.45) is 4.40 Å². The molecule has 0 bridgehead atoms. The Morgan fingerprint density at radius 1 is 1.26 bits per heavy atom. The number of sulfonamides is 1. The van der Waals surface area contributed by atoms with E-state index in [9.17, 15) is 23.1 Å². The van der Waals surface area contributed by atoms with Crippen LogP contribution in [0.3, 0.4) is 0 Å². The summed E-state index contributed by atoms with van der Waals surface area (Å²) in [5, 5.41) is 12.1. The number of fused-ring (bicyclic) bond motifs is 1. The first kappa shape index (κ1) is 18.8. The zero-order chi connectivity index (χ0) is 19.8. The lowest BCUT2D eigenvalue weighted by atomic mass is 9.97. The van der Waals surface area contributed by atoms with Crippen LogP contribution in [0.25, 0.3) is 0 Å². The van der Waals surface area contributed by atoms with E-state index in [0.29, 0.717) is 5.56 Å². The van der Waals surface area contributed by atoms with Crippen LogP contribution in [-0.2, 0) is 19.6 Å². The topological polar surface area (TPSA) is 116 Å². The average molecular weight is 389 g/mol. The molecule has 1 atom stereocenters. The molecule has 2 N–H and O–H groups in total. The van der Waals surface area contributed by atoms with E-state index in [1.54, 1.807) is 17.0 Å². The van der Waals surface area contributed by atoms with E-state index >= 15 is 0 Å². The van der Waals surface area contributed by atoms with Crippen molar-refractivity contribution in [1.29, 1.82) is 0 Å². The van der Waals surface area contributed by atoms with Gasteiger partial charge in [-0.3, -0.25) is 4.79 Å². The van der Waals surface area contributed by atoms with E-state index in [0.717, 1.165) is 11.1 Å². The Kier molecular flexibility index (Phi) is 4.88. The average Bonchev–Trinajstić information content (AvgIpc) is 2.60. The SMILES string of the molecule is Cc1cccc(C(NC(=O)C2=CN3CCS(=O)(=O)N=C3C=C2)C(=O)O)c1C. The van der Waals surface area contributed by atoms with Crippen LogP contribution in [-0.4, -0.2) is 48.4 Å². The normalized spacial score (nSPS) is 18.8. The molecule has 142 valence electrons. The van der Waals surface area contributed by atoms with Crippen molar-refractivity contribution in [2.75, 3.05) is 12.3 Å². The van der Waals surface area contributed by atoms with Crippen molar-refractivity contribution in [3.8, 4) is 0 Å². The predicted molar refractivity (Wildman–Crippen MR) is 99.6 cm³/mol. The zero-order valence-electron chi connectivity index (χ0n) is 14.8. The van der Waals surface area contributed by atoms with Gasteiger partial charge in [0.05, 0.1) is 11.3 Å². The summed E-state index contributed by atoms with van der Waals surface area (Å²) in [6, 6.07) is 4.10. The fourth-order valence-electron chi connectivity index (χ4n) is 2.91. The van der Waals surface area contributed by atoms with E-state index in [4.69, 9.17) is 0 Å². The maximum Gasteiger partial charge on any atom is 0.330 e. The number of nitrogens with one attached hydrogen (secondary N) is 1. The van der Waals surface area contributed by atoms with Gasteiger partial charge in [-0.1, -0.05) is 18.2 Å². The first-order valence-electron chi connectivity index (χ1n) is 8.27. The molecule has 9 heteroatoms. The third-order valence-corrected chi connectivity index (χ3v) is 5.73. The predicted octanol–water partition coefficient (Wildman–Crippen LogP) is 1.04. The molecule has 0 spiro atoms. The standard InChI is InChI=1S/C18H19N3O5S/c1-11-4-3-5-14(12(11)2)16(18(23)24)19-17(22)13-6-7-15-20-27(25,26)9-8-21(15)10-13/h3-7,10,16H,8-9H2,1-2H3,(H,19,22)(H,23,24). The Bertz CT molecular complexity index is 1010. The molecule has 2 aliphatic heterocycles. The molecular weight excluding hydrogens is 370 g/mol. The second-order valence-corrected chi connectivity index (χ2v) is 8.14. The molecule has 0 fully saturated rings. The maximum absolute atomic E-state index is 12.6. The fraction of sp³-hybridized carbons (Fsp3) is 0.278. The quantitative estimate of drug-likeness (QED) is 0.795. The van der Waals surface area contributed by atoms with Gasteiger partial charge in [0.2, 0.25) is 0 Å². The Morgan fingerprint density at radius 2 is 2.00 bits per heavy atom. The number of carboxylic acid groups (broad SMARTS) is 1. The number of hydrogen-bond acceptors (Lipinski definition) is 5. The molecule has 1 aromatic carbocycles. The van der Waals surface area contributed by atoms with Crippen LogP contribution in [0.1, 0.15) is 22.7 Å². The first-order chi connectivity index (χ1) is 12.7. The molecule has 2 aliphatic rings. The smallest absolute Gasteiger partial charge is 0.330 e. The number of hydrogen-bond donors (Lipinski definition) is 2. The summed E-state index contributed by atoms with van der Waals surface area (Å²) in [6.07, 6.45) is 4.33. The number of benzene rings is 1. The van der Waals surface area contributed by atoms with Gasteiger partial charge in [0.1, 0.15) is 5.84 Å². The Balaban J connectivity index is 1.84. The monoisotopic (exact) mass is 389 g/mol. The summed E-state index contributed by atoms with van der Waals surface area (Å²) in [5.41, 5.74) is 2.47.